The fourth-order valence-corrected chi connectivity index (χ4v) is 11.5. The Morgan fingerprint density at radius 1 is 0.443 bits per heavy atom. The van der Waals surface area contributed by atoms with E-state index in [-0.39, 0.29) is 19.4 Å². The van der Waals surface area contributed by atoms with Gasteiger partial charge in [0.2, 0.25) is 5.91 Å². The van der Waals surface area contributed by atoms with Crippen LogP contribution in [0.25, 0.3) is 0 Å². The summed E-state index contributed by atoms with van der Waals surface area (Å²) in [6.45, 7) is 5.80. The number of allylic oxidation sites excluding steroid dienone is 11. The number of aliphatic hydroxyl groups excluding tert-OH is 5. The van der Waals surface area contributed by atoms with E-state index in [1.54, 1.807) is 6.08 Å². The molecule has 0 aromatic heterocycles. The highest BCUT2D eigenvalue weighted by Gasteiger charge is 2.47. The van der Waals surface area contributed by atoms with Crippen LogP contribution in [0.3, 0.4) is 0 Å². The number of aliphatic hydroxyl groups is 5. The second-order valence-corrected chi connectivity index (χ2v) is 25.7. The normalized spacial score (nSPS) is 18.6. The van der Waals surface area contributed by atoms with E-state index >= 15 is 0 Å². The van der Waals surface area contributed by atoms with E-state index in [1.807, 2.05) is 6.08 Å². The second kappa shape index (κ2) is 64.2. The van der Waals surface area contributed by atoms with Crippen LogP contribution in [0.4, 0.5) is 0 Å². The lowest BCUT2D eigenvalue weighted by Crippen LogP contribution is -2.61. The van der Waals surface area contributed by atoms with Crippen molar-refractivity contribution in [3.63, 3.8) is 0 Å². The third-order valence-electron chi connectivity index (χ3n) is 17.3. The zero-order chi connectivity index (χ0) is 63.9. The average molecular weight is 1240 g/mol. The zero-order valence-electron chi connectivity index (χ0n) is 57.1. The van der Waals surface area contributed by atoms with Crippen LogP contribution in [0.1, 0.15) is 342 Å². The van der Waals surface area contributed by atoms with Gasteiger partial charge >= 0.3 is 5.97 Å². The molecule has 0 bridgehead atoms. The van der Waals surface area contributed by atoms with Crippen molar-refractivity contribution in [3.05, 3.63) is 72.9 Å². The van der Waals surface area contributed by atoms with Crippen LogP contribution in [-0.4, -0.2) is 99.6 Å². The van der Waals surface area contributed by atoms with Gasteiger partial charge < -0.3 is 45.1 Å². The molecule has 0 radical (unpaired) electrons. The molecule has 8 atom stereocenters. The lowest BCUT2D eigenvalue weighted by Gasteiger charge is -2.41. The number of carbonyl (C=O) groups is 2. The first-order valence-corrected chi connectivity index (χ1v) is 37.2. The first-order chi connectivity index (χ1) is 43.2. The van der Waals surface area contributed by atoms with E-state index in [9.17, 15) is 35.1 Å². The summed E-state index contributed by atoms with van der Waals surface area (Å²) in [5.74, 6) is -1.19. The molecule has 1 fully saturated rings. The fourth-order valence-electron chi connectivity index (χ4n) is 11.5. The highest BCUT2D eigenvalue weighted by Crippen LogP contribution is 2.26. The quantitative estimate of drug-likeness (QED) is 0.0195. The molecule has 8 unspecified atom stereocenters. The molecule has 0 aromatic rings. The van der Waals surface area contributed by atoms with Crippen LogP contribution < -0.4 is 5.32 Å². The highest BCUT2D eigenvalue weighted by molar-refractivity contribution is 5.80. The fraction of sp³-hybridized carbons (Fsp3) is 0.818. The maximum Gasteiger partial charge on any atom is 0.306 e. The molecule has 0 saturated carbocycles. The molecule has 0 aliphatic carbocycles. The Balaban J connectivity index is 2.56. The summed E-state index contributed by atoms with van der Waals surface area (Å²) in [6.07, 6.45) is 73.7. The molecule has 0 aromatic carbocycles. The van der Waals surface area contributed by atoms with Crippen molar-refractivity contribution in [2.24, 2.45) is 0 Å². The number of rotatable bonds is 64. The summed E-state index contributed by atoms with van der Waals surface area (Å²) in [5, 5.41) is 57.3. The first kappa shape index (κ1) is 83.1. The number of unbranched alkanes of at least 4 members (excludes halogenated alkanes) is 40. The average Bonchev–Trinajstić information content (AvgIpc) is 3.72. The summed E-state index contributed by atoms with van der Waals surface area (Å²) < 4.78 is 17.7. The number of amides is 1. The van der Waals surface area contributed by atoms with Gasteiger partial charge in [-0.2, -0.15) is 0 Å². The topological polar surface area (TPSA) is 175 Å². The highest BCUT2D eigenvalue weighted by atomic mass is 16.7. The van der Waals surface area contributed by atoms with E-state index in [0.29, 0.717) is 12.8 Å². The smallest absolute Gasteiger partial charge is 0.306 e. The third kappa shape index (κ3) is 50.7. The molecule has 1 amide bonds. The number of hydrogen-bond donors (Lipinski definition) is 6. The second-order valence-electron chi connectivity index (χ2n) is 25.7. The van der Waals surface area contributed by atoms with Crippen molar-refractivity contribution < 1.29 is 49.3 Å². The molecule has 1 rings (SSSR count). The summed E-state index contributed by atoms with van der Waals surface area (Å²) >= 11 is 0. The Kier molecular flexibility index (Phi) is 60.6. The molecule has 11 nitrogen and oxygen atoms in total. The minimum absolute atomic E-state index is 0.123. The van der Waals surface area contributed by atoms with E-state index in [2.05, 4.69) is 86.8 Å². The Morgan fingerprint density at radius 3 is 1.20 bits per heavy atom. The van der Waals surface area contributed by atoms with E-state index in [4.69, 9.17) is 14.2 Å². The van der Waals surface area contributed by atoms with Gasteiger partial charge in [0.15, 0.2) is 12.4 Å². The van der Waals surface area contributed by atoms with E-state index in [1.165, 1.54) is 212 Å². The predicted molar refractivity (Wildman–Crippen MR) is 370 cm³/mol. The molecular weight excluding hydrogens is 1100 g/mol. The number of esters is 1. The molecular formula is C77H139NO10. The van der Waals surface area contributed by atoms with Crippen LogP contribution in [0.2, 0.25) is 0 Å². The first-order valence-electron chi connectivity index (χ1n) is 37.2. The van der Waals surface area contributed by atoms with Crippen molar-refractivity contribution in [3.8, 4) is 0 Å². The van der Waals surface area contributed by atoms with Gasteiger partial charge in [0, 0.05) is 6.42 Å². The number of hydrogen-bond acceptors (Lipinski definition) is 10. The predicted octanol–water partition coefficient (Wildman–Crippen LogP) is 19.5. The van der Waals surface area contributed by atoms with Crippen LogP contribution in [0, 0.1) is 0 Å². The Hall–Kier alpha value is -2.90. The van der Waals surface area contributed by atoms with E-state index in [0.717, 1.165) is 83.5 Å². The molecule has 512 valence electrons. The van der Waals surface area contributed by atoms with Gasteiger partial charge in [-0.3, -0.25) is 9.59 Å². The van der Waals surface area contributed by atoms with Crippen LogP contribution in [0.5, 0.6) is 0 Å². The van der Waals surface area contributed by atoms with Gasteiger partial charge in [0.05, 0.1) is 25.4 Å². The lowest BCUT2D eigenvalue weighted by atomic mass is 9.99. The van der Waals surface area contributed by atoms with Gasteiger partial charge in [-0.25, -0.2) is 0 Å². The standard InChI is InChI=1S/C77H139NO10/c1-4-7-10-13-16-19-22-25-27-29-31-33-35-37-38-40-42-44-46-49-52-55-58-61-64-70(81)76(85)78-68(69(80)63-60-57-54-51-48-24-21-18-15-12-9-6-3)67-86-77-75(74(84)73(83)71(66-79)87-77)88-72(82)65-62-59-56-53-50-47-45-43-41-39-36-34-32-30-28-26-23-20-17-14-11-8-5-2/h16,19,25-28,31,33,37-38,60,63,68-71,73-75,77,79-81,83-84H,4-15,17-18,20-24,29-30,32,34-36,39-59,61-62,64-67H2,1-3H3,(H,78,85)/b19-16-,27-25-,28-26+,33-31-,38-37-,63-60+. The van der Waals surface area contributed by atoms with Gasteiger partial charge in [-0.1, -0.05) is 312 Å². The minimum Gasteiger partial charge on any atom is -0.454 e. The Bertz CT molecular complexity index is 1710. The van der Waals surface area contributed by atoms with E-state index < -0.39 is 67.4 Å². The third-order valence-corrected chi connectivity index (χ3v) is 17.3. The Morgan fingerprint density at radius 2 is 0.784 bits per heavy atom. The van der Waals surface area contributed by atoms with Gasteiger partial charge in [0.25, 0.3) is 0 Å². The molecule has 1 aliphatic rings. The molecule has 1 aliphatic heterocycles. The molecule has 0 spiro atoms. The summed E-state index contributed by atoms with van der Waals surface area (Å²) in [4.78, 5) is 26.7. The summed E-state index contributed by atoms with van der Waals surface area (Å²) in [5.41, 5.74) is 0. The number of nitrogens with one attached hydrogen (secondary N) is 1. The largest absolute Gasteiger partial charge is 0.454 e. The van der Waals surface area contributed by atoms with Crippen LogP contribution >= 0.6 is 0 Å². The van der Waals surface area contributed by atoms with Crippen molar-refractivity contribution in [1.82, 2.24) is 5.32 Å². The van der Waals surface area contributed by atoms with Crippen molar-refractivity contribution in [1.29, 1.82) is 0 Å². The van der Waals surface area contributed by atoms with Gasteiger partial charge in [0.1, 0.15) is 24.4 Å². The summed E-state index contributed by atoms with van der Waals surface area (Å²) in [7, 11) is 0. The monoisotopic (exact) mass is 1240 g/mol. The molecule has 1 saturated heterocycles. The van der Waals surface area contributed by atoms with Crippen molar-refractivity contribution in [2.45, 2.75) is 391 Å². The number of ether oxygens (including phenoxy) is 3. The molecule has 6 N–H and O–H groups in total. The minimum atomic E-state index is -1.62. The van der Waals surface area contributed by atoms with Gasteiger partial charge in [-0.05, 0) is 96.3 Å². The van der Waals surface area contributed by atoms with Gasteiger partial charge in [-0.15, -0.1) is 0 Å². The maximum atomic E-state index is 13.5. The maximum absolute atomic E-state index is 13.5. The molecule has 1 heterocycles. The number of carbonyl (C=O) groups excluding carboxylic acids is 2. The SMILES string of the molecule is CCCCC/C=C\C/C=C\C/C=C\C/C=C\CCCCCCCCCCC(O)C(=O)NC(COC1OC(CO)C(O)C(O)C1OC(=O)CCCCCCCCCCCCCCC/C=C/CCCCCCCC)C(O)/C=C/CCCCCCCCCCCC. The van der Waals surface area contributed by atoms with Crippen molar-refractivity contribution in [2.75, 3.05) is 13.2 Å². The lowest BCUT2D eigenvalue weighted by molar-refractivity contribution is -0.305. The summed E-state index contributed by atoms with van der Waals surface area (Å²) in [6, 6.07) is -1.03. The van der Waals surface area contributed by atoms with Crippen LogP contribution in [-0.2, 0) is 23.8 Å². The Labute approximate surface area is 541 Å². The molecule has 11 heteroatoms. The zero-order valence-corrected chi connectivity index (χ0v) is 57.1. The molecule has 88 heavy (non-hydrogen) atoms. The van der Waals surface area contributed by atoms with Crippen LogP contribution in [0.15, 0.2) is 72.9 Å². The van der Waals surface area contributed by atoms with Crippen molar-refractivity contribution >= 4 is 11.9 Å².